The van der Waals surface area contributed by atoms with Crippen molar-refractivity contribution in [2.75, 3.05) is 19.6 Å². The Balaban J connectivity index is 0. The minimum Gasteiger partial charge on any atom is -0.550 e. The van der Waals surface area contributed by atoms with E-state index in [-0.39, 0.29) is 25.3 Å². The summed E-state index contributed by atoms with van der Waals surface area (Å²) < 4.78 is 0. The van der Waals surface area contributed by atoms with E-state index in [1.165, 1.54) is 103 Å². The van der Waals surface area contributed by atoms with Crippen LogP contribution in [0.2, 0.25) is 0 Å². The molecule has 0 fully saturated rings. The van der Waals surface area contributed by atoms with Crippen LogP contribution in [0.1, 0.15) is 129 Å². The van der Waals surface area contributed by atoms with Crippen LogP contribution in [-0.2, 0) is 4.79 Å². The molecule has 0 amide bonds. The van der Waals surface area contributed by atoms with Crippen LogP contribution in [0, 0.1) is 0 Å². The molecular weight excluding hydrogens is 341 g/mol. The van der Waals surface area contributed by atoms with E-state index in [1.807, 2.05) is 0 Å². The van der Waals surface area contributed by atoms with E-state index < -0.39 is 5.97 Å². The molecule has 0 N–H and O–H groups in total. The zero-order valence-electron chi connectivity index (χ0n) is 19.6. The number of rotatable bonds is 22. The third kappa shape index (κ3) is 24.1. The van der Waals surface area contributed by atoms with Gasteiger partial charge in [0.15, 0.2) is 0 Å². The van der Waals surface area contributed by atoms with Gasteiger partial charge in [-0.15, -0.1) is 0 Å². The van der Waals surface area contributed by atoms with Crippen molar-refractivity contribution in [2.45, 2.75) is 129 Å². The van der Waals surface area contributed by atoms with E-state index in [2.05, 4.69) is 18.7 Å². The van der Waals surface area contributed by atoms with E-state index in [1.54, 1.807) is 0 Å². The maximum absolute atomic E-state index is 10.7. The smallest absolute Gasteiger partial charge is 0.550 e. The van der Waals surface area contributed by atoms with Crippen molar-refractivity contribution in [2.24, 2.45) is 0 Å². The Morgan fingerprint density at radius 2 is 0.893 bits per heavy atom. The molecule has 0 aromatic heterocycles. The third-order valence-electron chi connectivity index (χ3n) is 5.51. The summed E-state index contributed by atoms with van der Waals surface area (Å²) in [5.74, 6) is -0.908. The van der Waals surface area contributed by atoms with Crippen molar-refractivity contribution in [3.05, 3.63) is 0 Å². The molecule has 0 aliphatic heterocycles. The van der Waals surface area contributed by atoms with E-state index in [9.17, 15) is 9.90 Å². The van der Waals surface area contributed by atoms with E-state index in [4.69, 9.17) is 0 Å². The first-order chi connectivity index (χ1) is 13.2. The fraction of sp³-hybridized carbons (Fsp3) is 0.958. The van der Waals surface area contributed by atoms with Gasteiger partial charge in [0.05, 0.1) is 0 Å². The quantitative estimate of drug-likeness (QED) is 0.211. The van der Waals surface area contributed by atoms with Crippen molar-refractivity contribution in [3.63, 3.8) is 0 Å². The van der Waals surface area contributed by atoms with Crippen molar-refractivity contribution in [1.29, 1.82) is 0 Å². The average Bonchev–Trinajstić information content (AvgIpc) is 2.65. The molecule has 0 aliphatic rings. The summed E-state index contributed by atoms with van der Waals surface area (Å²) >= 11 is 0. The van der Waals surface area contributed by atoms with Gasteiger partial charge in [-0.25, -0.2) is 0 Å². The molecule has 162 valence electrons. The largest absolute Gasteiger partial charge is 1.00 e. The fourth-order valence-electron chi connectivity index (χ4n) is 3.72. The van der Waals surface area contributed by atoms with Gasteiger partial charge >= 0.3 is 18.9 Å². The van der Waals surface area contributed by atoms with E-state index in [0.717, 1.165) is 26.1 Å². The first kappa shape index (κ1) is 30.2. The molecule has 0 rings (SSSR count). The van der Waals surface area contributed by atoms with Crippen LogP contribution in [0.4, 0.5) is 0 Å². The SMILES string of the molecule is CCCCCCCCCCN(CCCCCCCCCC)CCCC(=O)[O-].[Li+]. The normalized spacial score (nSPS) is 11.0. The van der Waals surface area contributed by atoms with Gasteiger partial charge in [-0.1, -0.05) is 104 Å². The molecular formula is C24H48LiNO2. The van der Waals surface area contributed by atoms with Crippen LogP contribution in [0.25, 0.3) is 0 Å². The summed E-state index contributed by atoms with van der Waals surface area (Å²) in [6.45, 7) is 7.72. The van der Waals surface area contributed by atoms with Crippen molar-refractivity contribution < 1.29 is 28.8 Å². The predicted octanol–water partition coefficient (Wildman–Crippen LogP) is 3.10. The standard InChI is InChI=1S/C24H49NO2.Li/c1-3-5-7-9-11-13-15-17-21-25(23-19-20-24(26)27)22-18-16-14-12-10-8-6-4-2;/h3-23H2,1-2H3,(H,26,27);/q;+1/p-1. The Morgan fingerprint density at radius 1 is 0.571 bits per heavy atom. The Labute approximate surface area is 188 Å². The number of carbonyl (C=O) groups is 1. The summed E-state index contributed by atoms with van der Waals surface area (Å²) in [6.07, 6.45) is 22.5. The second-order valence-corrected chi connectivity index (χ2v) is 8.27. The van der Waals surface area contributed by atoms with Crippen LogP contribution in [0.15, 0.2) is 0 Å². The monoisotopic (exact) mass is 389 g/mol. The minimum atomic E-state index is -0.908. The molecule has 0 heterocycles. The maximum atomic E-state index is 10.7. The van der Waals surface area contributed by atoms with Gasteiger partial charge in [-0.05, 0) is 45.3 Å². The number of carbonyl (C=O) groups excluding carboxylic acids is 1. The predicted molar refractivity (Wildman–Crippen MR) is 116 cm³/mol. The van der Waals surface area contributed by atoms with Crippen LogP contribution in [-0.4, -0.2) is 30.5 Å². The van der Waals surface area contributed by atoms with Crippen LogP contribution < -0.4 is 24.0 Å². The molecule has 0 aliphatic carbocycles. The molecule has 0 saturated heterocycles. The molecule has 0 aromatic carbocycles. The van der Waals surface area contributed by atoms with Gasteiger partial charge < -0.3 is 14.8 Å². The number of unbranched alkanes of at least 4 members (excludes halogenated alkanes) is 14. The van der Waals surface area contributed by atoms with Crippen LogP contribution in [0.5, 0.6) is 0 Å². The van der Waals surface area contributed by atoms with E-state index >= 15 is 0 Å². The molecule has 0 aromatic rings. The van der Waals surface area contributed by atoms with Crippen molar-refractivity contribution in [3.8, 4) is 0 Å². The molecule has 0 radical (unpaired) electrons. The third-order valence-corrected chi connectivity index (χ3v) is 5.51. The minimum absolute atomic E-state index is 0. The van der Waals surface area contributed by atoms with Gasteiger partial charge in [-0.2, -0.15) is 0 Å². The van der Waals surface area contributed by atoms with Gasteiger partial charge in [-0.3, -0.25) is 0 Å². The Kier molecular flexibility index (Phi) is 27.1. The number of carboxylic acids is 1. The summed E-state index contributed by atoms with van der Waals surface area (Å²) in [5, 5.41) is 10.7. The van der Waals surface area contributed by atoms with Gasteiger partial charge in [0.25, 0.3) is 0 Å². The fourth-order valence-corrected chi connectivity index (χ4v) is 3.72. The van der Waals surface area contributed by atoms with E-state index in [0.29, 0.717) is 0 Å². The molecule has 3 nitrogen and oxygen atoms in total. The van der Waals surface area contributed by atoms with Crippen molar-refractivity contribution >= 4 is 5.97 Å². The summed E-state index contributed by atoms with van der Waals surface area (Å²) in [4.78, 5) is 13.2. The maximum Gasteiger partial charge on any atom is 1.00 e. The van der Waals surface area contributed by atoms with Gasteiger partial charge in [0, 0.05) is 5.97 Å². The number of hydrogen-bond donors (Lipinski definition) is 0. The Bertz CT molecular complexity index is 293. The molecule has 4 heteroatoms. The second kappa shape index (κ2) is 25.1. The zero-order valence-corrected chi connectivity index (χ0v) is 19.6. The summed E-state index contributed by atoms with van der Waals surface area (Å²) in [5.41, 5.74) is 0. The Morgan fingerprint density at radius 3 is 1.25 bits per heavy atom. The first-order valence-electron chi connectivity index (χ1n) is 12.1. The molecule has 0 atom stereocenters. The summed E-state index contributed by atoms with van der Waals surface area (Å²) in [7, 11) is 0. The molecule has 0 saturated carbocycles. The summed E-state index contributed by atoms with van der Waals surface area (Å²) in [6, 6.07) is 0. The van der Waals surface area contributed by atoms with Crippen LogP contribution >= 0.6 is 0 Å². The molecule has 0 bridgehead atoms. The molecule has 28 heavy (non-hydrogen) atoms. The van der Waals surface area contributed by atoms with Crippen LogP contribution in [0.3, 0.4) is 0 Å². The van der Waals surface area contributed by atoms with Gasteiger partial charge in [0.2, 0.25) is 0 Å². The number of aliphatic carboxylic acids is 1. The number of hydrogen-bond acceptors (Lipinski definition) is 3. The van der Waals surface area contributed by atoms with Crippen molar-refractivity contribution in [1.82, 2.24) is 4.90 Å². The number of carboxylic acid groups (broad SMARTS) is 1. The van der Waals surface area contributed by atoms with Gasteiger partial charge in [0.1, 0.15) is 0 Å². The molecule has 0 unspecified atom stereocenters. The number of nitrogens with zero attached hydrogens (tertiary/aromatic N) is 1. The molecule has 0 spiro atoms. The second-order valence-electron chi connectivity index (χ2n) is 8.27. The first-order valence-corrected chi connectivity index (χ1v) is 12.1. The zero-order chi connectivity index (χ0) is 20.0. The average molecular weight is 390 g/mol. The Hall–Kier alpha value is 0.0274. The topological polar surface area (TPSA) is 43.4 Å².